The summed E-state index contributed by atoms with van der Waals surface area (Å²) in [6.07, 6.45) is 0. The molecule has 0 bridgehead atoms. The zero-order valence-corrected chi connectivity index (χ0v) is 12.6. The van der Waals surface area contributed by atoms with Crippen LogP contribution in [0.15, 0.2) is 48.5 Å². The lowest BCUT2D eigenvalue weighted by atomic mass is 10.1. The lowest BCUT2D eigenvalue weighted by Crippen LogP contribution is -2.23. The van der Waals surface area contributed by atoms with Crippen LogP contribution in [0.1, 0.15) is 21.6 Å². The third-order valence-corrected chi connectivity index (χ3v) is 3.73. The number of ether oxygens (including phenoxy) is 1. The standard InChI is InChI=1S/C18H18N2O2/c1-12-16(14-9-6-10-15(22-2)17(14)20-12)18(21)19-11-13-7-4-3-5-8-13/h3-10,20H,11H2,1-2H3,(H,19,21). The summed E-state index contributed by atoms with van der Waals surface area (Å²) in [5, 5.41) is 3.85. The van der Waals surface area contributed by atoms with Crippen molar-refractivity contribution in [3.8, 4) is 5.75 Å². The third-order valence-electron chi connectivity index (χ3n) is 3.73. The molecule has 1 aromatic heterocycles. The zero-order valence-electron chi connectivity index (χ0n) is 12.6. The number of fused-ring (bicyclic) bond motifs is 1. The predicted molar refractivity (Wildman–Crippen MR) is 87.2 cm³/mol. The van der Waals surface area contributed by atoms with Crippen molar-refractivity contribution in [2.24, 2.45) is 0 Å². The van der Waals surface area contributed by atoms with Crippen molar-refractivity contribution in [1.29, 1.82) is 0 Å². The van der Waals surface area contributed by atoms with Crippen molar-refractivity contribution in [2.45, 2.75) is 13.5 Å². The number of aromatic nitrogens is 1. The van der Waals surface area contributed by atoms with E-state index in [0.717, 1.165) is 27.9 Å². The molecule has 0 fully saturated rings. The average Bonchev–Trinajstić information content (AvgIpc) is 2.89. The molecule has 3 rings (SSSR count). The molecular weight excluding hydrogens is 276 g/mol. The topological polar surface area (TPSA) is 54.1 Å². The fraction of sp³-hybridized carbons (Fsp3) is 0.167. The molecule has 0 aliphatic heterocycles. The van der Waals surface area contributed by atoms with E-state index in [1.54, 1.807) is 7.11 Å². The second-order valence-corrected chi connectivity index (χ2v) is 5.18. The zero-order chi connectivity index (χ0) is 15.5. The van der Waals surface area contributed by atoms with Crippen molar-refractivity contribution >= 4 is 16.8 Å². The Kier molecular flexibility index (Phi) is 3.83. The normalized spacial score (nSPS) is 10.6. The first-order valence-electron chi connectivity index (χ1n) is 7.18. The molecule has 0 spiro atoms. The van der Waals surface area contributed by atoms with Crippen LogP contribution in [0.5, 0.6) is 5.75 Å². The molecule has 0 saturated heterocycles. The molecule has 3 aromatic rings. The molecule has 4 nitrogen and oxygen atoms in total. The summed E-state index contributed by atoms with van der Waals surface area (Å²) in [7, 11) is 1.63. The van der Waals surface area contributed by atoms with Gasteiger partial charge in [-0.05, 0) is 18.6 Å². The van der Waals surface area contributed by atoms with Gasteiger partial charge in [-0.15, -0.1) is 0 Å². The van der Waals surface area contributed by atoms with Crippen LogP contribution in [0.3, 0.4) is 0 Å². The number of hydrogen-bond acceptors (Lipinski definition) is 2. The van der Waals surface area contributed by atoms with Crippen molar-refractivity contribution in [3.63, 3.8) is 0 Å². The lowest BCUT2D eigenvalue weighted by Gasteiger charge is -2.06. The number of methoxy groups -OCH3 is 1. The van der Waals surface area contributed by atoms with E-state index in [1.807, 2.05) is 55.5 Å². The largest absolute Gasteiger partial charge is 0.495 e. The Hall–Kier alpha value is -2.75. The van der Waals surface area contributed by atoms with Gasteiger partial charge in [-0.3, -0.25) is 4.79 Å². The van der Waals surface area contributed by atoms with Gasteiger partial charge in [0.1, 0.15) is 5.75 Å². The summed E-state index contributed by atoms with van der Waals surface area (Å²) >= 11 is 0. The maximum absolute atomic E-state index is 12.5. The van der Waals surface area contributed by atoms with Crippen molar-refractivity contribution in [1.82, 2.24) is 10.3 Å². The Morgan fingerprint density at radius 2 is 1.91 bits per heavy atom. The van der Waals surface area contributed by atoms with Gasteiger partial charge in [0.05, 0.1) is 18.2 Å². The molecule has 2 aromatic carbocycles. The minimum atomic E-state index is -0.0825. The SMILES string of the molecule is COc1cccc2c(C(=O)NCc3ccccc3)c(C)[nH]c12. The van der Waals surface area contributed by atoms with Crippen molar-refractivity contribution in [3.05, 3.63) is 65.4 Å². The van der Waals surface area contributed by atoms with E-state index >= 15 is 0 Å². The van der Waals surface area contributed by atoms with Crippen LogP contribution in [-0.4, -0.2) is 18.0 Å². The molecule has 1 amide bonds. The van der Waals surface area contributed by atoms with E-state index in [-0.39, 0.29) is 5.91 Å². The highest BCUT2D eigenvalue weighted by molar-refractivity contribution is 6.09. The molecular formula is C18H18N2O2. The quantitative estimate of drug-likeness (QED) is 0.774. The van der Waals surface area contributed by atoms with E-state index in [4.69, 9.17) is 4.74 Å². The van der Waals surface area contributed by atoms with Crippen LogP contribution in [0.2, 0.25) is 0 Å². The van der Waals surface area contributed by atoms with Gasteiger partial charge >= 0.3 is 0 Å². The van der Waals surface area contributed by atoms with Crippen LogP contribution in [0.25, 0.3) is 10.9 Å². The van der Waals surface area contributed by atoms with Gasteiger partial charge in [-0.25, -0.2) is 0 Å². The van der Waals surface area contributed by atoms with E-state index in [9.17, 15) is 4.79 Å². The van der Waals surface area contributed by atoms with Gasteiger partial charge in [0.25, 0.3) is 5.91 Å². The lowest BCUT2D eigenvalue weighted by molar-refractivity contribution is 0.0952. The van der Waals surface area contributed by atoms with Crippen LogP contribution in [-0.2, 0) is 6.54 Å². The Morgan fingerprint density at radius 1 is 1.14 bits per heavy atom. The van der Waals surface area contributed by atoms with Crippen molar-refractivity contribution in [2.75, 3.05) is 7.11 Å². The van der Waals surface area contributed by atoms with E-state index in [2.05, 4.69) is 10.3 Å². The molecule has 1 heterocycles. The number of aromatic amines is 1. The summed E-state index contributed by atoms with van der Waals surface area (Å²) in [4.78, 5) is 15.8. The highest BCUT2D eigenvalue weighted by atomic mass is 16.5. The Bertz CT molecular complexity index is 807. The number of para-hydroxylation sites is 1. The number of rotatable bonds is 4. The summed E-state index contributed by atoms with van der Waals surface area (Å²) in [5.74, 6) is 0.656. The summed E-state index contributed by atoms with van der Waals surface area (Å²) in [5.41, 5.74) is 3.44. The molecule has 0 saturated carbocycles. The molecule has 22 heavy (non-hydrogen) atoms. The maximum Gasteiger partial charge on any atom is 0.253 e. The number of H-pyrrole nitrogens is 1. The first-order valence-corrected chi connectivity index (χ1v) is 7.18. The second kappa shape index (κ2) is 5.93. The van der Waals surface area contributed by atoms with E-state index in [0.29, 0.717) is 12.1 Å². The number of benzene rings is 2. The minimum Gasteiger partial charge on any atom is -0.495 e. The number of carbonyl (C=O) groups excluding carboxylic acids is 1. The number of aryl methyl sites for hydroxylation is 1. The third kappa shape index (κ3) is 2.55. The molecule has 4 heteroatoms. The van der Waals surface area contributed by atoms with E-state index < -0.39 is 0 Å². The Balaban J connectivity index is 1.89. The number of hydrogen-bond donors (Lipinski definition) is 2. The molecule has 0 atom stereocenters. The molecule has 0 aliphatic carbocycles. The number of amides is 1. The highest BCUT2D eigenvalue weighted by Gasteiger charge is 2.17. The highest BCUT2D eigenvalue weighted by Crippen LogP contribution is 2.29. The van der Waals surface area contributed by atoms with Gasteiger partial charge in [0.15, 0.2) is 0 Å². The van der Waals surface area contributed by atoms with Crippen molar-refractivity contribution < 1.29 is 9.53 Å². The first kappa shape index (κ1) is 14.2. The maximum atomic E-state index is 12.5. The fourth-order valence-corrected chi connectivity index (χ4v) is 2.65. The van der Waals surface area contributed by atoms with Crippen LogP contribution in [0.4, 0.5) is 0 Å². The first-order chi connectivity index (χ1) is 10.7. The number of carbonyl (C=O) groups is 1. The number of nitrogens with one attached hydrogen (secondary N) is 2. The van der Waals surface area contributed by atoms with Gasteiger partial charge in [-0.1, -0.05) is 42.5 Å². The smallest absolute Gasteiger partial charge is 0.253 e. The fourth-order valence-electron chi connectivity index (χ4n) is 2.65. The summed E-state index contributed by atoms with van der Waals surface area (Å²) in [6.45, 7) is 2.41. The van der Waals surface area contributed by atoms with Crippen LogP contribution in [0, 0.1) is 6.92 Å². The van der Waals surface area contributed by atoms with Crippen LogP contribution < -0.4 is 10.1 Å². The summed E-state index contributed by atoms with van der Waals surface area (Å²) < 4.78 is 5.34. The average molecular weight is 294 g/mol. The van der Waals surface area contributed by atoms with Gasteiger partial charge in [0, 0.05) is 17.6 Å². The summed E-state index contributed by atoms with van der Waals surface area (Å²) in [6, 6.07) is 15.6. The van der Waals surface area contributed by atoms with Gasteiger partial charge in [0.2, 0.25) is 0 Å². The monoisotopic (exact) mass is 294 g/mol. The Morgan fingerprint density at radius 3 is 2.64 bits per heavy atom. The molecule has 0 aliphatic rings. The van der Waals surface area contributed by atoms with Gasteiger partial charge in [-0.2, -0.15) is 0 Å². The van der Waals surface area contributed by atoms with E-state index in [1.165, 1.54) is 0 Å². The molecule has 112 valence electrons. The van der Waals surface area contributed by atoms with Crippen LogP contribution >= 0.6 is 0 Å². The molecule has 2 N–H and O–H groups in total. The minimum absolute atomic E-state index is 0.0825. The second-order valence-electron chi connectivity index (χ2n) is 5.18. The van der Waals surface area contributed by atoms with Gasteiger partial charge < -0.3 is 15.0 Å². The molecule has 0 unspecified atom stereocenters. The molecule has 0 radical (unpaired) electrons. The Labute approximate surface area is 129 Å². The predicted octanol–water partition coefficient (Wildman–Crippen LogP) is 3.41.